The molecular formula is C30H29NO5. The van der Waals surface area contributed by atoms with E-state index < -0.39 is 5.60 Å². The molecule has 0 bridgehead atoms. The number of ether oxygens (including phenoxy) is 3. The Labute approximate surface area is 211 Å². The van der Waals surface area contributed by atoms with Crippen LogP contribution in [0, 0.1) is 0 Å². The second kappa shape index (κ2) is 9.99. The number of benzene rings is 3. The van der Waals surface area contributed by atoms with Crippen molar-refractivity contribution in [3.63, 3.8) is 0 Å². The SMILES string of the molecule is COC(=O)c1ccc(CN2C(=O)[C@@]3(CC(C)=CC[C@@H](COc4ccccc4)O3)c3ccccc32)cc1. The van der Waals surface area contributed by atoms with E-state index >= 15 is 0 Å². The quantitative estimate of drug-likeness (QED) is 0.346. The van der Waals surface area contributed by atoms with E-state index in [4.69, 9.17) is 14.2 Å². The lowest BCUT2D eigenvalue weighted by atomic mass is 9.88. The molecule has 2 heterocycles. The Hall–Kier alpha value is -3.90. The Bertz CT molecular complexity index is 1280. The monoisotopic (exact) mass is 483 g/mol. The summed E-state index contributed by atoms with van der Waals surface area (Å²) in [5.74, 6) is 0.302. The summed E-state index contributed by atoms with van der Waals surface area (Å²) in [5, 5.41) is 0. The summed E-state index contributed by atoms with van der Waals surface area (Å²) in [4.78, 5) is 27.7. The van der Waals surface area contributed by atoms with E-state index in [9.17, 15) is 9.59 Å². The van der Waals surface area contributed by atoms with Crippen molar-refractivity contribution >= 4 is 17.6 Å². The number of carbonyl (C=O) groups excluding carboxylic acids is 2. The molecule has 2 aliphatic heterocycles. The highest BCUT2D eigenvalue weighted by molar-refractivity contribution is 6.07. The number of hydrogen-bond donors (Lipinski definition) is 0. The minimum atomic E-state index is -1.11. The van der Waals surface area contributed by atoms with E-state index in [0.29, 0.717) is 31.6 Å². The van der Waals surface area contributed by atoms with Gasteiger partial charge in [-0.3, -0.25) is 4.79 Å². The topological polar surface area (TPSA) is 65.1 Å². The molecule has 3 aromatic carbocycles. The first kappa shape index (κ1) is 23.8. The molecule has 0 radical (unpaired) electrons. The van der Waals surface area contributed by atoms with Crippen LogP contribution in [0.5, 0.6) is 5.75 Å². The summed E-state index contributed by atoms with van der Waals surface area (Å²) in [6.07, 6.45) is 3.03. The van der Waals surface area contributed by atoms with Crippen molar-refractivity contribution in [2.45, 2.75) is 38.0 Å². The van der Waals surface area contributed by atoms with Gasteiger partial charge in [0.05, 0.1) is 31.0 Å². The van der Waals surface area contributed by atoms with Crippen LogP contribution < -0.4 is 9.64 Å². The van der Waals surface area contributed by atoms with E-state index in [2.05, 4.69) is 13.0 Å². The van der Waals surface area contributed by atoms with Gasteiger partial charge >= 0.3 is 5.97 Å². The van der Waals surface area contributed by atoms with Crippen molar-refractivity contribution in [2.24, 2.45) is 0 Å². The first-order valence-corrected chi connectivity index (χ1v) is 12.1. The van der Waals surface area contributed by atoms with Crippen molar-refractivity contribution in [1.82, 2.24) is 0 Å². The predicted molar refractivity (Wildman–Crippen MR) is 137 cm³/mol. The number of para-hydroxylation sites is 2. The number of hydrogen-bond acceptors (Lipinski definition) is 5. The molecule has 0 N–H and O–H groups in total. The van der Waals surface area contributed by atoms with Crippen molar-refractivity contribution < 1.29 is 23.8 Å². The Morgan fingerprint density at radius 3 is 2.50 bits per heavy atom. The number of esters is 1. The first-order valence-electron chi connectivity index (χ1n) is 12.1. The average Bonchev–Trinajstić information content (AvgIpc) is 3.02. The zero-order chi connectivity index (χ0) is 25.1. The van der Waals surface area contributed by atoms with Gasteiger partial charge in [-0.15, -0.1) is 0 Å². The molecule has 0 aromatic heterocycles. The standard InChI is InChI=1S/C30H29NO5/c1-21-12-17-25(20-35-24-8-4-3-5-9-24)36-30(18-21)26-10-6-7-11-27(26)31(29(30)33)19-22-13-15-23(16-14-22)28(32)34-2/h3-16,25H,17-20H2,1-2H3/t25-,30+/m0/s1. The molecule has 0 unspecified atom stereocenters. The van der Waals surface area contributed by atoms with Crippen molar-refractivity contribution in [3.8, 4) is 5.75 Å². The molecule has 6 heteroatoms. The molecule has 1 spiro atoms. The number of amides is 1. The van der Waals surface area contributed by atoms with Gasteiger partial charge in [0.15, 0.2) is 5.60 Å². The maximum atomic E-state index is 14.1. The van der Waals surface area contributed by atoms with Gasteiger partial charge in [-0.25, -0.2) is 4.79 Å². The second-order valence-corrected chi connectivity index (χ2v) is 9.25. The largest absolute Gasteiger partial charge is 0.491 e. The van der Waals surface area contributed by atoms with Crippen LogP contribution in [0.15, 0.2) is 90.5 Å². The summed E-state index contributed by atoms with van der Waals surface area (Å²) in [6.45, 7) is 2.77. The number of carbonyl (C=O) groups is 2. The zero-order valence-corrected chi connectivity index (χ0v) is 20.5. The van der Waals surface area contributed by atoms with Crippen molar-refractivity contribution in [2.75, 3.05) is 18.6 Å². The Balaban J connectivity index is 1.43. The van der Waals surface area contributed by atoms with E-state index in [1.165, 1.54) is 7.11 Å². The van der Waals surface area contributed by atoms with E-state index in [0.717, 1.165) is 28.1 Å². The summed E-state index contributed by atoms with van der Waals surface area (Å²) >= 11 is 0. The Morgan fingerprint density at radius 2 is 1.75 bits per heavy atom. The molecule has 36 heavy (non-hydrogen) atoms. The maximum absolute atomic E-state index is 14.1. The van der Waals surface area contributed by atoms with Gasteiger partial charge in [0.1, 0.15) is 12.4 Å². The van der Waals surface area contributed by atoms with Crippen LogP contribution in [0.2, 0.25) is 0 Å². The lowest BCUT2D eigenvalue weighted by Gasteiger charge is -2.31. The molecule has 0 saturated carbocycles. The minimum absolute atomic E-state index is 0.0832. The van der Waals surface area contributed by atoms with Crippen LogP contribution in [0.4, 0.5) is 5.69 Å². The molecular weight excluding hydrogens is 454 g/mol. The van der Waals surface area contributed by atoms with Crippen LogP contribution in [0.25, 0.3) is 0 Å². The molecule has 0 fully saturated rings. The first-order chi connectivity index (χ1) is 17.5. The third-order valence-corrected chi connectivity index (χ3v) is 6.74. The Kier molecular flexibility index (Phi) is 6.61. The summed E-state index contributed by atoms with van der Waals surface area (Å²) in [7, 11) is 1.36. The summed E-state index contributed by atoms with van der Waals surface area (Å²) in [6, 6.07) is 24.6. The van der Waals surface area contributed by atoms with Crippen LogP contribution in [-0.4, -0.2) is 31.7 Å². The third kappa shape index (κ3) is 4.52. The van der Waals surface area contributed by atoms with Gasteiger partial charge in [0.25, 0.3) is 5.91 Å². The number of anilines is 1. The van der Waals surface area contributed by atoms with Crippen molar-refractivity contribution in [1.29, 1.82) is 0 Å². The van der Waals surface area contributed by atoms with Crippen LogP contribution in [0.1, 0.15) is 41.3 Å². The number of nitrogens with zero attached hydrogens (tertiary/aromatic N) is 1. The average molecular weight is 484 g/mol. The predicted octanol–water partition coefficient (Wildman–Crippen LogP) is 5.42. The molecule has 2 aliphatic rings. The van der Waals surface area contributed by atoms with Crippen molar-refractivity contribution in [3.05, 3.63) is 107 Å². The zero-order valence-electron chi connectivity index (χ0n) is 20.5. The van der Waals surface area contributed by atoms with E-state index in [1.54, 1.807) is 17.0 Å². The highest BCUT2D eigenvalue weighted by atomic mass is 16.6. The molecule has 6 nitrogen and oxygen atoms in total. The molecule has 0 aliphatic carbocycles. The minimum Gasteiger partial charge on any atom is -0.491 e. The second-order valence-electron chi connectivity index (χ2n) is 9.25. The normalized spacial score (nSPS) is 21.1. The fourth-order valence-corrected chi connectivity index (χ4v) is 4.96. The van der Waals surface area contributed by atoms with Gasteiger partial charge in [0, 0.05) is 12.0 Å². The number of rotatable bonds is 6. The van der Waals surface area contributed by atoms with Crippen LogP contribution in [0.3, 0.4) is 0 Å². The highest BCUT2D eigenvalue weighted by Crippen LogP contribution is 2.48. The van der Waals surface area contributed by atoms with Gasteiger partial charge in [-0.2, -0.15) is 0 Å². The highest BCUT2D eigenvalue weighted by Gasteiger charge is 2.53. The molecule has 1 amide bonds. The summed E-state index contributed by atoms with van der Waals surface area (Å²) in [5.41, 5.74) is 3.11. The van der Waals surface area contributed by atoms with Gasteiger partial charge in [-0.05, 0) is 49.2 Å². The molecule has 2 atom stereocenters. The van der Waals surface area contributed by atoms with Crippen LogP contribution >= 0.6 is 0 Å². The molecule has 5 rings (SSSR count). The third-order valence-electron chi connectivity index (χ3n) is 6.74. The number of methoxy groups -OCH3 is 1. The van der Waals surface area contributed by atoms with E-state index in [1.807, 2.05) is 66.7 Å². The molecule has 0 saturated heterocycles. The lowest BCUT2D eigenvalue weighted by molar-refractivity contribution is -0.154. The maximum Gasteiger partial charge on any atom is 0.337 e. The molecule has 3 aromatic rings. The fraction of sp³-hybridized carbons (Fsp3) is 0.267. The van der Waals surface area contributed by atoms with Crippen LogP contribution in [-0.2, 0) is 26.4 Å². The summed E-state index contributed by atoms with van der Waals surface area (Å²) < 4.78 is 17.5. The van der Waals surface area contributed by atoms with E-state index in [-0.39, 0.29) is 18.0 Å². The lowest BCUT2D eigenvalue weighted by Crippen LogP contribution is -2.45. The molecule has 184 valence electrons. The smallest absolute Gasteiger partial charge is 0.337 e. The fourth-order valence-electron chi connectivity index (χ4n) is 4.96. The Morgan fingerprint density at radius 1 is 1.03 bits per heavy atom. The van der Waals surface area contributed by atoms with Gasteiger partial charge in [0.2, 0.25) is 0 Å². The van der Waals surface area contributed by atoms with Gasteiger partial charge in [-0.1, -0.05) is 60.2 Å². The van der Waals surface area contributed by atoms with Gasteiger partial charge < -0.3 is 19.1 Å². The number of fused-ring (bicyclic) bond motifs is 2.